The summed E-state index contributed by atoms with van der Waals surface area (Å²) in [5.41, 5.74) is -0.0201. The molecular weight excluding hydrogens is 340 g/mol. The normalized spacial score (nSPS) is 10.3. The number of benzene rings is 2. The van der Waals surface area contributed by atoms with Gasteiger partial charge in [0.05, 0.1) is 10.7 Å². The lowest BCUT2D eigenvalue weighted by Crippen LogP contribution is -2.20. The average Bonchev–Trinajstić information content (AvgIpc) is 2.44. The van der Waals surface area contributed by atoms with E-state index in [2.05, 4.69) is 5.32 Å². The number of amides is 1. The molecule has 0 aliphatic carbocycles. The maximum atomic E-state index is 13.5. The van der Waals surface area contributed by atoms with Crippen LogP contribution in [0, 0.1) is 5.82 Å². The van der Waals surface area contributed by atoms with Crippen molar-refractivity contribution in [3.8, 4) is 5.75 Å². The molecule has 0 saturated carbocycles. The van der Waals surface area contributed by atoms with Gasteiger partial charge in [0.2, 0.25) is 0 Å². The summed E-state index contributed by atoms with van der Waals surface area (Å²) in [6.45, 7) is -0.341. The van der Waals surface area contributed by atoms with Gasteiger partial charge >= 0.3 is 0 Å². The molecule has 0 radical (unpaired) electrons. The van der Waals surface area contributed by atoms with E-state index in [1.165, 1.54) is 18.2 Å². The molecule has 0 saturated heterocycles. The number of nitrogens with one attached hydrogen (secondary N) is 1. The number of hydrogen-bond donors (Lipinski definition) is 1. The van der Waals surface area contributed by atoms with Gasteiger partial charge in [-0.2, -0.15) is 0 Å². The van der Waals surface area contributed by atoms with Gasteiger partial charge in [-0.1, -0.05) is 34.8 Å². The van der Waals surface area contributed by atoms with Crippen molar-refractivity contribution in [3.63, 3.8) is 0 Å². The molecule has 0 aliphatic rings. The van der Waals surface area contributed by atoms with E-state index in [9.17, 15) is 9.18 Å². The molecular formula is C14H9Cl3FNO2. The Morgan fingerprint density at radius 2 is 1.76 bits per heavy atom. The third-order valence-electron chi connectivity index (χ3n) is 2.45. The number of rotatable bonds is 4. The molecule has 0 heterocycles. The molecule has 1 amide bonds. The maximum Gasteiger partial charge on any atom is 0.262 e. The maximum absolute atomic E-state index is 13.5. The van der Waals surface area contributed by atoms with Crippen LogP contribution in [-0.4, -0.2) is 12.5 Å². The van der Waals surface area contributed by atoms with Crippen LogP contribution in [0.3, 0.4) is 0 Å². The molecule has 110 valence electrons. The zero-order chi connectivity index (χ0) is 15.4. The highest BCUT2D eigenvalue weighted by Gasteiger charge is 2.10. The molecule has 2 rings (SSSR count). The molecule has 0 unspecified atom stereocenters. The van der Waals surface area contributed by atoms with Crippen molar-refractivity contribution >= 4 is 46.4 Å². The third-order valence-corrected chi connectivity index (χ3v) is 3.24. The van der Waals surface area contributed by atoms with Gasteiger partial charge in [0.15, 0.2) is 6.61 Å². The molecule has 0 bridgehead atoms. The Labute approximate surface area is 135 Å². The monoisotopic (exact) mass is 347 g/mol. The number of ether oxygens (including phenoxy) is 1. The fourth-order valence-corrected chi connectivity index (χ4v) is 2.02. The van der Waals surface area contributed by atoms with E-state index in [1.54, 1.807) is 12.1 Å². The molecule has 0 aliphatic heterocycles. The summed E-state index contributed by atoms with van der Waals surface area (Å²) in [4.78, 5) is 11.7. The first-order chi connectivity index (χ1) is 9.95. The second-order valence-corrected chi connectivity index (χ2v) is 5.32. The molecule has 21 heavy (non-hydrogen) atoms. The first-order valence-corrected chi connectivity index (χ1v) is 6.92. The van der Waals surface area contributed by atoms with Crippen LogP contribution in [0.25, 0.3) is 0 Å². The van der Waals surface area contributed by atoms with Gasteiger partial charge in [0, 0.05) is 16.1 Å². The lowest BCUT2D eigenvalue weighted by Gasteiger charge is -2.10. The molecule has 0 aromatic heterocycles. The van der Waals surface area contributed by atoms with E-state index in [-0.39, 0.29) is 18.0 Å². The smallest absolute Gasteiger partial charge is 0.262 e. The summed E-state index contributed by atoms with van der Waals surface area (Å²) in [5, 5.41) is 3.41. The predicted octanol–water partition coefficient (Wildman–Crippen LogP) is 4.80. The standard InChI is InChI=1S/C14H9Cl3FNO2/c15-8-2-4-11(18)12(5-8)19-14(20)7-21-13-6-9(16)1-3-10(13)17/h1-6H,7H2,(H,19,20). The fraction of sp³-hybridized carbons (Fsp3) is 0.0714. The van der Waals surface area contributed by atoms with Crippen molar-refractivity contribution in [3.05, 3.63) is 57.3 Å². The fourth-order valence-electron chi connectivity index (χ4n) is 1.51. The molecule has 1 N–H and O–H groups in total. The Balaban J connectivity index is 1.99. The highest BCUT2D eigenvalue weighted by Crippen LogP contribution is 2.27. The van der Waals surface area contributed by atoms with E-state index in [0.717, 1.165) is 6.07 Å². The minimum Gasteiger partial charge on any atom is -0.482 e. The summed E-state index contributed by atoms with van der Waals surface area (Å²) >= 11 is 17.4. The Bertz CT molecular complexity index is 679. The number of anilines is 1. The molecule has 0 spiro atoms. The van der Waals surface area contributed by atoms with E-state index in [0.29, 0.717) is 15.1 Å². The summed E-state index contributed by atoms with van der Waals surface area (Å²) < 4.78 is 18.7. The number of hydrogen-bond acceptors (Lipinski definition) is 2. The van der Waals surface area contributed by atoms with Crippen LogP contribution in [0.1, 0.15) is 0 Å². The second-order valence-electron chi connectivity index (χ2n) is 4.04. The second kappa shape index (κ2) is 6.98. The van der Waals surface area contributed by atoms with Gasteiger partial charge in [-0.3, -0.25) is 4.79 Å². The number of halogens is 4. The molecule has 3 nitrogen and oxygen atoms in total. The lowest BCUT2D eigenvalue weighted by atomic mass is 10.3. The highest BCUT2D eigenvalue weighted by molar-refractivity contribution is 6.34. The van der Waals surface area contributed by atoms with Crippen LogP contribution in [0.2, 0.25) is 15.1 Å². The molecule has 7 heteroatoms. The molecule has 2 aromatic rings. The summed E-state index contributed by atoms with van der Waals surface area (Å²) in [6.07, 6.45) is 0. The van der Waals surface area contributed by atoms with Gasteiger partial charge in [-0.15, -0.1) is 0 Å². The molecule has 0 fully saturated rings. The van der Waals surface area contributed by atoms with E-state index in [1.807, 2.05) is 0 Å². The van der Waals surface area contributed by atoms with E-state index >= 15 is 0 Å². The van der Waals surface area contributed by atoms with Crippen LogP contribution in [0.5, 0.6) is 5.75 Å². The SMILES string of the molecule is O=C(COc1cc(Cl)ccc1Cl)Nc1cc(Cl)ccc1F. The van der Waals surface area contributed by atoms with Gasteiger partial charge in [0.25, 0.3) is 5.91 Å². The van der Waals surface area contributed by atoms with Gasteiger partial charge in [-0.05, 0) is 30.3 Å². The molecule has 2 aromatic carbocycles. The van der Waals surface area contributed by atoms with Gasteiger partial charge in [-0.25, -0.2) is 4.39 Å². The minimum atomic E-state index is -0.589. The summed E-state index contributed by atoms with van der Waals surface area (Å²) in [7, 11) is 0. The van der Waals surface area contributed by atoms with Gasteiger partial charge < -0.3 is 10.1 Å². The zero-order valence-electron chi connectivity index (χ0n) is 10.5. The highest BCUT2D eigenvalue weighted by atomic mass is 35.5. The van der Waals surface area contributed by atoms with Crippen LogP contribution < -0.4 is 10.1 Å². The van der Waals surface area contributed by atoms with Crippen molar-refractivity contribution in [1.29, 1.82) is 0 Å². The van der Waals surface area contributed by atoms with Crippen LogP contribution in [0.15, 0.2) is 36.4 Å². The van der Waals surface area contributed by atoms with E-state index < -0.39 is 11.7 Å². The zero-order valence-corrected chi connectivity index (χ0v) is 12.8. The Morgan fingerprint density at radius 3 is 2.52 bits per heavy atom. The average molecular weight is 349 g/mol. The molecule has 0 atom stereocenters. The number of carbonyl (C=O) groups is 1. The largest absolute Gasteiger partial charge is 0.482 e. The van der Waals surface area contributed by atoms with Crippen LogP contribution in [-0.2, 0) is 4.79 Å². The minimum absolute atomic E-state index is 0.0201. The summed E-state index contributed by atoms with van der Waals surface area (Å²) in [5.74, 6) is -0.869. The first kappa shape index (κ1) is 15.9. The van der Waals surface area contributed by atoms with Gasteiger partial charge in [0.1, 0.15) is 11.6 Å². The van der Waals surface area contributed by atoms with Crippen molar-refractivity contribution in [2.24, 2.45) is 0 Å². The summed E-state index contributed by atoms with van der Waals surface area (Å²) in [6, 6.07) is 8.48. The Morgan fingerprint density at radius 1 is 1.10 bits per heavy atom. The Kier molecular flexibility index (Phi) is 5.28. The van der Waals surface area contributed by atoms with Crippen LogP contribution >= 0.6 is 34.8 Å². The number of carbonyl (C=O) groups excluding carboxylic acids is 1. The van der Waals surface area contributed by atoms with Crippen molar-refractivity contribution in [2.45, 2.75) is 0 Å². The first-order valence-electron chi connectivity index (χ1n) is 5.78. The van der Waals surface area contributed by atoms with Crippen molar-refractivity contribution in [1.82, 2.24) is 0 Å². The Hall–Kier alpha value is -1.49. The lowest BCUT2D eigenvalue weighted by molar-refractivity contribution is -0.118. The quantitative estimate of drug-likeness (QED) is 0.861. The van der Waals surface area contributed by atoms with Crippen LogP contribution in [0.4, 0.5) is 10.1 Å². The van der Waals surface area contributed by atoms with E-state index in [4.69, 9.17) is 39.5 Å². The predicted molar refractivity (Wildman–Crippen MR) is 82.0 cm³/mol. The topological polar surface area (TPSA) is 38.3 Å². The third kappa shape index (κ3) is 4.49. The van der Waals surface area contributed by atoms with Crippen molar-refractivity contribution in [2.75, 3.05) is 11.9 Å². The van der Waals surface area contributed by atoms with Crippen molar-refractivity contribution < 1.29 is 13.9 Å².